The van der Waals surface area contributed by atoms with Crippen LogP contribution in [0.4, 0.5) is 4.39 Å². The number of halogens is 1. The van der Waals surface area contributed by atoms with Crippen LogP contribution in [0.3, 0.4) is 0 Å². The van der Waals surface area contributed by atoms with Crippen molar-refractivity contribution in [2.45, 2.75) is 19.0 Å². The molecule has 4 atom stereocenters. The lowest BCUT2D eigenvalue weighted by atomic mass is 9.83. The van der Waals surface area contributed by atoms with Crippen LogP contribution in [0.15, 0.2) is 0 Å². The molecule has 3 nitrogen and oxygen atoms in total. The molecule has 2 bridgehead atoms. The van der Waals surface area contributed by atoms with Crippen molar-refractivity contribution >= 4 is 5.97 Å². The molecule has 0 aliphatic carbocycles. The first-order chi connectivity index (χ1) is 6.18. The van der Waals surface area contributed by atoms with Gasteiger partial charge in [-0.15, -0.1) is 0 Å². The maximum absolute atomic E-state index is 13.2. The van der Waals surface area contributed by atoms with Crippen molar-refractivity contribution in [2.75, 3.05) is 19.6 Å². The number of hydrogen-bond donors (Lipinski definition) is 1. The molecular formula is C9H14FNO2. The van der Waals surface area contributed by atoms with E-state index >= 15 is 0 Å². The molecule has 0 aromatic rings. The second kappa shape index (κ2) is 3.25. The number of aliphatic carboxylic acids is 1. The first kappa shape index (κ1) is 8.94. The minimum Gasteiger partial charge on any atom is -0.479 e. The predicted molar refractivity (Wildman–Crippen MR) is 45.2 cm³/mol. The quantitative estimate of drug-likeness (QED) is 0.693. The zero-order chi connectivity index (χ0) is 9.42. The van der Waals surface area contributed by atoms with Crippen molar-refractivity contribution in [2.24, 2.45) is 11.8 Å². The molecule has 2 fully saturated rings. The fourth-order valence-electron chi connectivity index (χ4n) is 2.55. The highest BCUT2D eigenvalue weighted by Gasteiger charge is 2.41. The Kier molecular flexibility index (Phi) is 2.24. The fourth-order valence-corrected chi connectivity index (χ4v) is 2.55. The van der Waals surface area contributed by atoms with Gasteiger partial charge in [0, 0.05) is 12.5 Å². The van der Waals surface area contributed by atoms with Gasteiger partial charge in [-0.05, 0) is 31.8 Å². The summed E-state index contributed by atoms with van der Waals surface area (Å²) in [5.74, 6) is -1.25. The number of nitrogens with zero attached hydrogens (tertiary/aromatic N) is 1. The minimum absolute atomic E-state index is 0.240. The molecule has 2 saturated heterocycles. The average Bonchev–Trinajstić information content (AvgIpc) is 2.47. The van der Waals surface area contributed by atoms with Gasteiger partial charge in [0.15, 0.2) is 6.17 Å². The van der Waals surface area contributed by atoms with E-state index in [1.54, 1.807) is 0 Å². The molecule has 0 aromatic heterocycles. The highest BCUT2D eigenvalue weighted by Crippen LogP contribution is 2.35. The molecule has 0 saturated carbocycles. The Bertz CT molecular complexity index is 222. The zero-order valence-corrected chi connectivity index (χ0v) is 7.45. The number of carbonyl (C=O) groups is 1. The van der Waals surface area contributed by atoms with E-state index in [1.807, 2.05) is 0 Å². The first-order valence-corrected chi connectivity index (χ1v) is 4.77. The van der Waals surface area contributed by atoms with Gasteiger partial charge in [0.1, 0.15) is 0 Å². The predicted octanol–water partition coefficient (Wildman–Crippen LogP) is 0.751. The van der Waals surface area contributed by atoms with Crippen molar-refractivity contribution in [3.8, 4) is 0 Å². The van der Waals surface area contributed by atoms with Gasteiger partial charge in [-0.3, -0.25) is 0 Å². The summed E-state index contributed by atoms with van der Waals surface area (Å²) < 4.78 is 13.2. The van der Waals surface area contributed by atoms with Gasteiger partial charge in [0.25, 0.3) is 0 Å². The van der Waals surface area contributed by atoms with Crippen LogP contribution >= 0.6 is 0 Å². The van der Waals surface area contributed by atoms with Crippen LogP contribution in [-0.4, -0.2) is 41.8 Å². The molecule has 0 aromatic carbocycles. The highest BCUT2D eigenvalue weighted by molar-refractivity contribution is 5.72. The van der Waals surface area contributed by atoms with Crippen LogP contribution in [0.5, 0.6) is 0 Å². The number of carboxylic acid groups (broad SMARTS) is 1. The largest absolute Gasteiger partial charge is 0.479 e. The lowest BCUT2D eigenvalue weighted by Crippen LogP contribution is -2.39. The van der Waals surface area contributed by atoms with E-state index in [2.05, 4.69) is 4.90 Å². The van der Waals surface area contributed by atoms with E-state index < -0.39 is 12.1 Å². The molecule has 2 rings (SSSR count). The summed E-state index contributed by atoms with van der Waals surface area (Å²) in [6, 6.07) is 0. The Balaban J connectivity index is 2.03. The normalized spacial score (nSPS) is 40.2. The molecular weight excluding hydrogens is 173 g/mol. The Hall–Kier alpha value is -0.640. The highest BCUT2D eigenvalue weighted by atomic mass is 19.1. The number of rotatable bonds is 2. The molecule has 4 unspecified atom stereocenters. The SMILES string of the molecule is O=C(O)C(F)C1CCN2CCC1C2. The van der Waals surface area contributed by atoms with E-state index in [0.717, 1.165) is 26.1 Å². The molecule has 74 valence electrons. The molecule has 13 heavy (non-hydrogen) atoms. The number of piperidine rings is 1. The topological polar surface area (TPSA) is 40.5 Å². The van der Waals surface area contributed by atoms with Crippen molar-refractivity contribution in [1.82, 2.24) is 4.90 Å². The molecule has 0 radical (unpaired) electrons. The zero-order valence-electron chi connectivity index (χ0n) is 7.45. The van der Waals surface area contributed by atoms with Gasteiger partial charge >= 0.3 is 5.97 Å². The third kappa shape index (κ3) is 1.55. The van der Waals surface area contributed by atoms with E-state index in [4.69, 9.17) is 5.11 Å². The molecule has 0 spiro atoms. The van der Waals surface area contributed by atoms with Crippen molar-refractivity contribution in [3.05, 3.63) is 0 Å². The Morgan fingerprint density at radius 2 is 2.15 bits per heavy atom. The monoisotopic (exact) mass is 187 g/mol. The maximum Gasteiger partial charge on any atom is 0.338 e. The van der Waals surface area contributed by atoms with Crippen LogP contribution in [0, 0.1) is 11.8 Å². The van der Waals surface area contributed by atoms with E-state index in [0.29, 0.717) is 6.42 Å². The first-order valence-electron chi connectivity index (χ1n) is 4.77. The van der Waals surface area contributed by atoms with Gasteiger partial charge in [-0.2, -0.15) is 0 Å². The average molecular weight is 187 g/mol. The van der Waals surface area contributed by atoms with Crippen LogP contribution in [-0.2, 0) is 4.79 Å². The number of carboxylic acids is 1. The standard InChI is InChI=1S/C9H14FNO2/c10-8(9(12)13)7-2-4-11-3-1-6(7)5-11/h6-8H,1-5H2,(H,12,13). The van der Waals surface area contributed by atoms with Gasteiger partial charge in [0.05, 0.1) is 0 Å². The molecule has 0 amide bonds. The Morgan fingerprint density at radius 3 is 2.85 bits per heavy atom. The van der Waals surface area contributed by atoms with Crippen molar-refractivity contribution in [1.29, 1.82) is 0 Å². The second-order valence-electron chi connectivity index (χ2n) is 4.04. The summed E-state index contributed by atoms with van der Waals surface area (Å²) in [4.78, 5) is 12.8. The Labute approximate surface area is 76.5 Å². The summed E-state index contributed by atoms with van der Waals surface area (Å²) in [7, 11) is 0. The van der Waals surface area contributed by atoms with Crippen molar-refractivity contribution in [3.63, 3.8) is 0 Å². The summed E-state index contributed by atoms with van der Waals surface area (Å²) in [6.45, 7) is 2.79. The van der Waals surface area contributed by atoms with Crippen LogP contribution in [0.2, 0.25) is 0 Å². The van der Waals surface area contributed by atoms with Gasteiger partial charge in [0.2, 0.25) is 0 Å². The van der Waals surface area contributed by atoms with Gasteiger partial charge < -0.3 is 10.0 Å². The molecule has 2 aliphatic heterocycles. The van der Waals surface area contributed by atoms with E-state index in [-0.39, 0.29) is 11.8 Å². The van der Waals surface area contributed by atoms with E-state index in [9.17, 15) is 9.18 Å². The molecule has 4 heteroatoms. The third-order valence-electron chi connectivity index (χ3n) is 3.30. The third-order valence-corrected chi connectivity index (χ3v) is 3.30. The molecule has 1 N–H and O–H groups in total. The molecule has 2 aliphatic rings. The number of alkyl halides is 1. The van der Waals surface area contributed by atoms with Gasteiger partial charge in [-0.1, -0.05) is 0 Å². The van der Waals surface area contributed by atoms with Crippen LogP contribution in [0.25, 0.3) is 0 Å². The van der Waals surface area contributed by atoms with Crippen LogP contribution in [0.1, 0.15) is 12.8 Å². The minimum atomic E-state index is -1.65. The Morgan fingerprint density at radius 1 is 1.46 bits per heavy atom. The maximum atomic E-state index is 13.2. The summed E-state index contributed by atoms with van der Waals surface area (Å²) >= 11 is 0. The summed E-state index contributed by atoms with van der Waals surface area (Å²) in [5, 5.41) is 8.57. The summed E-state index contributed by atoms with van der Waals surface area (Å²) in [5.41, 5.74) is 0. The lowest BCUT2D eigenvalue weighted by molar-refractivity contribution is -0.146. The van der Waals surface area contributed by atoms with Crippen LogP contribution < -0.4 is 0 Å². The van der Waals surface area contributed by atoms with Crippen molar-refractivity contribution < 1.29 is 14.3 Å². The number of fused-ring (bicyclic) bond motifs is 2. The lowest BCUT2D eigenvalue weighted by Gasteiger charge is -2.30. The van der Waals surface area contributed by atoms with Gasteiger partial charge in [-0.25, -0.2) is 9.18 Å². The smallest absolute Gasteiger partial charge is 0.338 e. The second-order valence-corrected chi connectivity index (χ2v) is 4.04. The fraction of sp³-hybridized carbons (Fsp3) is 0.889. The molecule has 2 heterocycles. The summed E-state index contributed by atoms with van der Waals surface area (Å²) in [6.07, 6.45) is 0.0292. The van der Waals surface area contributed by atoms with E-state index in [1.165, 1.54) is 0 Å². The number of hydrogen-bond acceptors (Lipinski definition) is 2.